The number of carbonyl (C=O) groups excluding carboxylic acids is 1. The summed E-state index contributed by atoms with van der Waals surface area (Å²) in [5.74, 6) is 1.44. The zero-order valence-corrected chi connectivity index (χ0v) is 21.0. The van der Waals surface area contributed by atoms with E-state index in [0.29, 0.717) is 5.92 Å². The SMILES string of the molecule is C=C(CC)CCC1CCC(OC(=O)c2ccc(CCC3CCC(CCC)CC3)cc2F)CC1. The van der Waals surface area contributed by atoms with Crippen LogP contribution in [0.25, 0.3) is 0 Å². The lowest BCUT2D eigenvalue weighted by Gasteiger charge is -2.28. The number of rotatable bonds is 11. The molecule has 2 aliphatic rings. The first-order chi connectivity index (χ1) is 16.0. The molecule has 184 valence electrons. The Balaban J connectivity index is 1.40. The van der Waals surface area contributed by atoms with Gasteiger partial charge in [-0.25, -0.2) is 9.18 Å². The maximum Gasteiger partial charge on any atom is 0.341 e. The molecule has 0 unspecified atom stereocenters. The van der Waals surface area contributed by atoms with Crippen molar-refractivity contribution in [3.63, 3.8) is 0 Å². The summed E-state index contributed by atoms with van der Waals surface area (Å²) in [5, 5.41) is 0. The molecule has 2 saturated carbocycles. The van der Waals surface area contributed by atoms with Crippen LogP contribution in [0.1, 0.15) is 120 Å². The summed E-state index contributed by atoms with van der Waals surface area (Å²) in [5.41, 5.74) is 2.40. The molecule has 2 aliphatic carbocycles. The zero-order valence-electron chi connectivity index (χ0n) is 21.0. The molecule has 33 heavy (non-hydrogen) atoms. The predicted octanol–water partition coefficient (Wildman–Crippen LogP) is 8.83. The van der Waals surface area contributed by atoms with E-state index in [2.05, 4.69) is 20.4 Å². The molecule has 0 radical (unpaired) electrons. The van der Waals surface area contributed by atoms with Crippen molar-refractivity contribution >= 4 is 5.97 Å². The highest BCUT2D eigenvalue weighted by Gasteiger charge is 2.26. The van der Waals surface area contributed by atoms with Crippen LogP contribution in [-0.2, 0) is 11.2 Å². The fourth-order valence-corrected chi connectivity index (χ4v) is 5.81. The molecule has 0 spiro atoms. The molecule has 0 saturated heterocycles. The quantitative estimate of drug-likeness (QED) is 0.245. The smallest absolute Gasteiger partial charge is 0.341 e. The number of benzene rings is 1. The molecule has 2 fully saturated rings. The largest absolute Gasteiger partial charge is 0.459 e. The van der Waals surface area contributed by atoms with Crippen LogP contribution >= 0.6 is 0 Å². The number of carbonyl (C=O) groups is 1. The summed E-state index contributed by atoms with van der Waals surface area (Å²) < 4.78 is 20.4. The van der Waals surface area contributed by atoms with E-state index in [-0.39, 0.29) is 11.7 Å². The number of halogens is 1. The van der Waals surface area contributed by atoms with Crippen LogP contribution in [0.4, 0.5) is 4.39 Å². The van der Waals surface area contributed by atoms with Crippen molar-refractivity contribution in [3.05, 3.63) is 47.3 Å². The molecule has 0 N–H and O–H groups in total. The highest BCUT2D eigenvalue weighted by molar-refractivity contribution is 5.89. The van der Waals surface area contributed by atoms with Gasteiger partial charge in [-0.15, -0.1) is 0 Å². The number of ether oxygens (including phenoxy) is 1. The van der Waals surface area contributed by atoms with Crippen molar-refractivity contribution in [2.45, 2.75) is 116 Å². The van der Waals surface area contributed by atoms with Crippen molar-refractivity contribution in [1.29, 1.82) is 0 Å². The van der Waals surface area contributed by atoms with Crippen LogP contribution in [-0.4, -0.2) is 12.1 Å². The summed E-state index contributed by atoms with van der Waals surface area (Å²) >= 11 is 0. The second kappa shape index (κ2) is 13.3. The van der Waals surface area contributed by atoms with Gasteiger partial charge in [-0.1, -0.05) is 70.6 Å². The summed E-state index contributed by atoms with van der Waals surface area (Å²) in [4.78, 5) is 12.6. The third-order valence-electron chi connectivity index (χ3n) is 8.23. The fourth-order valence-electron chi connectivity index (χ4n) is 5.81. The summed E-state index contributed by atoms with van der Waals surface area (Å²) in [7, 11) is 0. The normalized spacial score (nSPS) is 25.5. The standard InChI is InChI=1S/C30H45FO2/c1-4-6-23-9-11-25(12-10-23)13-14-26-17-20-28(29(31)21-26)30(32)33-27-18-15-24(16-19-27)8-7-22(3)5-2/h17,20-21,23-25,27H,3-16,18-19H2,1-2H3. The summed E-state index contributed by atoms with van der Waals surface area (Å²) in [6.07, 6.45) is 17.2. The minimum atomic E-state index is -0.504. The van der Waals surface area contributed by atoms with E-state index in [1.54, 1.807) is 12.1 Å². The Morgan fingerprint density at radius 2 is 1.55 bits per heavy atom. The van der Waals surface area contributed by atoms with Gasteiger partial charge in [0, 0.05) is 0 Å². The third-order valence-corrected chi connectivity index (χ3v) is 8.23. The van der Waals surface area contributed by atoms with Gasteiger partial charge >= 0.3 is 5.97 Å². The maximum atomic E-state index is 14.7. The zero-order chi connectivity index (χ0) is 23.6. The monoisotopic (exact) mass is 456 g/mol. The molecule has 0 aliphatic heterocycles. The molecule has 3 heteroatoms. The molecule has 0 atom stereocenters. The van der Waals surface area contributed by atoms with Gasteiger partial charge in [0.05, 0.1) is 5.56 Å². The Hall–Kier alpha value is -1.64. The number of aryl methyl sites for hydroxylation is 1. The first-order valence-electron chi connectivity index (χ1n) is 13.6. The minimum absolute atomic E-state index is 0.0787. The number of hydrogen-bond donors (Lipinski definition) is 0. The van der Waals surface area contributed by atoms with Crippen molar-refractivity contribution in [2.24, 2.45) is 17.8 Å². The first-order valence-corrected chi connectivity index (χ1v) is 13.6. The lowest BCUT2D eigenvalue weighted by molar-refractivity contribution is 0.0157. The summed E-state index contributed by atoms with van der Waals surface area (Å²) in [6.45, 7) is 8.53. The molecular formula is C30H45FO2. The molecule has 0 amide bonds. The van der Waals surface area contributed by atoms with Crippen LogP contribution in [0, 0.1) is 23.6 Å². The van der Waals surface area contributed by atoms with Gasteiger partial charge in [0.25, 0.3) is 0 Å². The molecular weight excluding hydrogens is 411 g/mol. The molecule has 2 nitrogen and oxygen atoms in total. The van der Waals surface area contributed by atoms with Crippen molar-refractivity contribution in [1.82, 2.24) is 0 Å². The van der Waals surface area contributed by atoms with Crippen LogP contribution in [0.2, 0.25) is 0 Å². The van der Waals surface area contributed by atoms with E-state index in [4.69, 9.17) is 4.74 Å². The number of hydrogen-bond acceptors (Lipinski definition) is 2. The lowest BCUT2D eigenvalue weighted by atomic mass is 9.78. The third kappa shape index (κ3) is 8.26. The van der Waals surface area contributed by atoms with Gasteiger partial charge in [-0.05, 0) is 93.2 Å². The van der Waals surface area contributed by atoms with E-state index in [0.717, 1.165) is 68.8 Å². The van der Waals surface area contributed by atoms with Gasteiger partial charge in [0.2, 0.25) is 0 Å². The topological polar surface area (TPSA) is 26.3 Å². The van der Waals surface area contributed by atoms with Gasteiger partial charge in [0.1, 0.15) is 11.9 Å². The van der Waals surface area contributed by atoms with Crippen LogP contribution in [0.15, 0.2) is 30.4 Å². The first kappa shape index (κ1) is 26.0. The number of allylic oxidation sites excluding steroid dienone is 1. The van der Waals surface area contributed by atoms with Crippen LogP contribution in [0.3, 0.4) is 0 Å². The van der Waals surface area contributed by atoms with Gasteiger partial charge in [0.15, 0.2) is 0 Å². The van der Waals surface area contributed by atoms with Gasteiger partial charge < -0.3 is 4.74 Å². The molecule has 0 bridgehead atoms. The Kier molecular flexibility index (Phi) is 10.5. The highest BCUT2D eigenvalue weighted by atomic mass is 19.1. The molecule has 0 heterocycles. The second-order valence-electron chi connectivity index (χ2n) is 10.7. The van der Waals surface area contributed by atoms with E-state index in [1.807, 2.05) is 6.07 Å². The van der Waals surface area contributed by atoms with Crippen molar-refractivity contribution in [3.8, 4) is 0 Å². The molecule has 1 aromatic carbocycles. The average Bonchev–Trinajstić information content (AvgIpc) is 2.83. The van der Waals surface area contributed by atoms with Crippen molar-refractivity contribution in [2.75, 3.05) is 0 Å². The van der Waals surface area contributed by atoms with Crippen molar-refractivity contribution < 1.29 is 13.9 Å². The minimum Gasteiger partial charge on any atom is -0.459 e. The molecule has 1 aromatic rings. The second-order valence-corrected chi connectivity index (χ2v) is 10.7. The van der Waals surface area contributed by atoms with Gasteiger partial charge in [-0.2, -0.15) is 0 Å². The predicted molar refractivity (Wildman–Crippen MR) is 135 cm³/mol. The Bertz CT molecular complexity index is 755. The molecule has 3 rings (SSSR count). The Morgan fingerprint density at radius 1 is 0.939 bits per heavy atom. The fraction of sp³-hybridized carbons (Fsp3) is 0.700. The Labute approximate surface area is 201 Å². The average molecular weight is 457 g/mol. The van der Waals surface area contributed by atoms with Crippen LogP contribution < -0.4 is 0 Å². The highest BCUT2D eigenvalue weighted by Crippen LogP contribution is 2.34. The summed E-state index contributed by atoms with van der Waals surface area (Å²) in [6, 6.07) is 5.10. The number of esters is 1. The van der Waals surface area contributed by atoms with E-state index in [1.165, 1.54) is 50.5 Å². The molecule has 0 aromatic heterocycles. The van der Waals surface area contributed by atoms with E-state index < -0.39 is 11.8 Å². The lowest BCUT2D eigenvalue weighted by Crippen LogP contribution is -2.25. The van der Waals surface area contributed by atoms with Gasteiger partial charge in [-0.3, -0.25) is 0 Å². The van der Waals surface area contributed by atoms with E-state index in [9.17, 15) is 9.18 Å². The Morgan fingerprint density at radius 3 is 2.15 bits per heavy atom. The van der Waals surface area contributed by atoms with E-state index >= 15 is 0 Å². The van der Waals surface area contributed by atoms with Crippen LogP contribution in [0.5, 0.6) is 0 Å². The maximum absolute atomic E-state index is 14.7.